The number of nitrogens with zero attached hydrogens (tertiary/aromatic N) is 1. The standard InChI is InChI=1S/C25H25N3O4/c1-15(24(30)28-23-22(29)12-7-13-26-23)16(2)27-25(31)32-14-21-19-10-5-3-8-17(19)18-9-4-6-11-20(18)21/h3-13,15-16,21,29H,14H2,1-2H3,(H,27,31)(H,26,28,30). The fourth-order valence-electron chi connectivity index (χ4n) is 3.90. The van der Waals surface area contributed by atoms with Gasteiger partial charge in [0.1, 0.15) is 6.61 Å². The highest BCUT2D eigenvalue weighted by Gasteiger charge is 2.29. The van der Waals surface area contributed by atoms with E-state index in [-0.39, 0.29) is 30.0 Å². The molecule has 1 aliphatic rings. The van der Waals surface area contributed by atoms with Crippen molar-refractivity contribution in [2.24, 2.45) is 5.92 Å². The molecule has 1 heterocycles. The van der Waals surface area contributed by atoms with Crippen molar-refractivity contribution in [2.45, 2.75) is 25.8 Å². The summed E-state index contributed by atoms with van der Waals surface area (Å²) in [6.45, 7) is 3.61. The molecule has 0 bridgehead atoms. The zero-order valence-electron chi connectivity index (χ0n) is 17.9. The molecule has 2 unspecified atom stereocenters. The summed E-state index contributed by atoms with van der Waals surface area (Å²) in [6, 6.07) is 18.8. The molecule has 0 saturated carbocycles. The number of fused-ring (bicyclic) bond motifs is 3. The Morgan fingerprint density at radius 2 is 1.62 bits per heavy atom. The van der Waals surface area contributed by atoms with Crippen LogP contribution in [0.3, 0.4) is 0 Å². The Kier molecular flexibility index (Phi) is 6.07. The van der Waals surface area contributed by atoms with Crippen LogP contribution in [0.2, 0.25) is 0 Å². The summed E-state index contributed by atoms with van der Waals surface area (Å²) >= 11 is 0. The van der Waals surface area contributed by atoms with Crippen molar-refractivity contribution < 1.29 is 19.4 Å². The number of amides is 2. The van der Waals surface area contributed by atoms with Crippen molar-refractivity contribution in [1.82, 2.24) is 10.3 Å². The second-order valence-corrected chi connectivity index (χ2v) is 7.91. The second kappa shape index (κ2) is 9.09. The maximum absolute atomic E-state index is 12.5. The fraction of sp³-hybridized carbons (Fsp3) is 0.240. The third-order valence-electron chi connectivity index (χ3n) is 5.88. The van der Waals surface area contributed by atoms with Crippen molar-refractivity contribution in [1.29, 1.82) is 0 Å². The van der Waals surface area contributed by atoms with Gasteiger partial charge in [0.2, 0.25) is 5.91 Å². The smallest absolute Gasteiger partial charge is 0.407 e. The predicted molar refractivity (Wildman–Crippen MR) is 121 cm³/mol. The number of rotatable bonds is 6. The van der Waals surface area contributed by atoms with E-state index in [1.54, 1.807) is 19.9 Å². The summed E-state index contributed by atoms with van der Waals surface area (Å²) in [5, 5.41) is 15.1. The van der Waals surface area contributed by atoms with Crippen molar-refractivity contribution >= 4 is 17.8 Å². The maximum atomic E-state index is 12.5. The molecule has 3 N–H and O–H groups in total. The number of carbonyl (C=O) groups is 2. The average molecular weight is 431 g/mol. The molecule has 32 heavy (non-hydrogen) atoms. The van der Waals surface area contributed by atoms with Crippen LogP contribution in [0.25, 0.3) is 11.1 Å². The van der Waals surface area contributed by atoms with Crippen LogP contribution < -0.4 is 10.6 Å². The molecular formula is C25H25N3O4. The topological polar surface area (TPSA) is 101 Å². The molecule has 7 nitrogen and oxygen atoms in total. The van der Waals surface area contributed by atoms with Gasteiger partial charge < -0.3 is 20.5 Å². The maximum Gasteiger partial charge on any atom is 0.407 e. The summed E-state index contributed by atoms with van der Waals surface area (Å²) in [4.78, 5) is 28.9. The molecule has 0 aliphatic heterocycles. The number of aromatic nitrogens is 1. The normalized spacial score (nSPS) is 14.1. The summed E-state index contributed by atoms with van der Waals surface area (Å²) in [5.41, 5.74) is 4.59. The molecule has 2 amide bonds. The molecule has 3 aromatic rings. The molecule has 1 aromatic heterocycles. The lowest BCUT2D eigenvalue weighted by Crippen LogP contribution is -2.42. The number of hydrogen-bond donors (Lipinski definition) is 3. The van der Waals surface area contributed by atoms with Gasteiger partial charge in [-0.25, -0.2) is 9.78 Å². The third-order valence-corrected chi connectivity index (χ3v) is 5.88. The van der Waals surface area contributed by atoms with Crippen LogP contribution in [-0.2, 0) is 9.53 Å². The minimum atomic E-state index is -0.584. The second-order valence-electron chi connectivity index (χ2n) is 7.91. The molecule has 4 rings (SSSR count). The largest absolute Gasteiger partial charge is 0.504 e. The zero-order chi connectivity index (χ0) is 22.7. The number of nitrogens with one attached hydrogen (secondary N) is 2. The SMILES string of the molecule is CC(NC(=O)OCC1c2ccccc2-c2ccccc21)C(C)C(=O)Nc1ncccc1O. The number of anilines is 1. The van der Waals surface area contributed by atoms with Gasteiger partial charge in [-0.2, -0.15) is 0 Å². The Morgan fingerprint density at radius 3 is 2.25 bits per heavy atom. The molecular weight excluding hydrogens is 406 g/mol. The van der Waals surface area contributed by atoms with Gasteiger partial charge in [0.15, 0.2) is 11.6 Å². The van der Waals surface area contributed by atoms with E-state index in [0.29, 0.717) is 0 Å². The van der Waals surface area contributed by atoms with E-state index < -0.39 is 18.1 Å². The van der Waals surface area contributed by atoms with Crippen LogP contribution in [0.4, 0.5) is 10.6 Å². The van der Waals surface area contributed by atoms with Crippen LogP contribution in [0.5, 0.6) is 5.75 Å². The van der Waals surface area contributed by atoms with Gasteiger partial charge in [0.25, 0.3) is 0 Å². The first kappa shape index (κ1) is 21.4. The zero-order valence-corrected chi connectivity index (χ0v) is 17.9. The van der Waals surface area contributed by atoms with Gasteiger partial charge in [-0.05, 0) is 41.3 Å². The van der Waals surface area contributed by atoms with Gasteiger partial charge in [0.05, 0.1) is 5.92 Å². The van der Waals surface area contributed by atoms with E-state index in [1.807, 2.05) is 24.3 Å². The van der Waals surface area contributed by atoms with Crippen molar-refractivity contribution in [2.75, 3.05) is 11.9 Å². The average Bonchev–Trinajstić information content (AvgIpc) is 3.12. The molecule has 1 aliphatic carbocycles. The highest BCUT2D eigenvalue weighted by Crippen LogP contribution is 2.44. The Hall–Kier alpha value is -3.87. The number of carbonyl (C=O) groups excluding carboxylic acids is 2. The predicted octanol–water partition coefficient (Wildman–Crippen LogP) is 4.29. The summed E-state index contributed by atoms with van der Waals surface area (Å²) in [5.74, 6) is -1.01. The number of benzene rings is 2. The lowest BCUT2D eigenvalue weighted by Gasteiger charge is -2.21. The van der Waals surface area contributed by atoms with E-state index in [2.05, 4.69) is 39.9 Å². The van der Waals surface area contributed by atoms with Crippen LogP contribution >= 0.6 is 0 Å². The first-order valence-corrected chi connectivity index (χ1v) is 10.5. The van der Waals surface area contributed by atoms with Crippen LogP contribution in [0, 0.1) is 5.92 Å². The molecule has 2 aromatic carbocycles. The van der Waals surface area contributed by atoms with E-state index in [4.69, 9.17) is 4.74 Å². The van der Waals surface area contributed by atoms with Crippen LogP contribution in [0.1, 0.15) is 30.9 Å². The van der Waals surface area contributed by atoms with E-state index >= 15 is 0 Å². The molecule has 0 spiro atoms. The number of pyridine rings is 1. The number of ether oxygens (including phenoxy) is 1. The monoisotopic (exact) mass is 431 g/mol. The summed E-state index contributed by atoms with van der Waals surface area (Å²) in [6.07, 6.45) is 0.887. The molecule has 0 saturated heterocycles. The van der Waals surface area contributed by atoms with Gasteiger partial charge in [-0.1, -0.05) is 55.5 Å². The van der Waals surface area contributed by atoms with Crippen LogP contribution in [-0.4, -0.2) is 34.7 Å². The summed E-state index contributed by atoms with van der Waals surface area (Å²) in [7, 11) is 0. The molecule has 7 heteroatoms. The number of hydrogen-bond acceptors (Lipinski definition) is 5. The fourth-order valence-corrected chi connectivity index (χ4v) is 3.90. The van der Waals surface area contributed by atoms with Crippen molar-refractivity contribution in [3.05, 3.63) is 78.0 Å². The Morgan fingerprint density at radius 1 is 1.00 bits per heavy atom. The van der Waals surface area contributed by atoms with Gasteiger partial charge in [0, 0.05) is 18.2 Å². The minimum absolute atomic E-state index is 0.0312. The molecule has 2 atom stereocenters. The lowest BCUT2D eigenvalue weighted by atomic mass is 9.98. The quantitative estimate of drug-likeness (QED) is 0.541. The van der Waals surface area contributed by atoms with Gasteiger partial charge >= 0.3 is 6.09 Å². The van der Waals surface area contributed by atoms with Crippen LogP contribution in [0.15, 0.2) is 66.9 Å². The molecule has 0 radical (unpaired) electrons. The van der Waals surface area contributed by atoms with Gasteiger partial charge in [-0.15, -0.1) is 0 Å². The molecule has 164 valence electrons. The number of alkyl carbamates (subject to hydrolysis) is 1. The van der Waals surface area contributed by atoms with E-state index in [0.717, 1.165) is 22.3 Å². The van der Waals surface area contributed by atoms with Crippen molar-refractivity contribution in [3.8, 4) is 16.9 Å². The minimum Gasteiger partial charge on any atom is -0.504 e. The van der Waals surface area contributed by atoms with E-state index in [9.17, 15) is 14.7 Å². The highest BCUT2D eigenvalue weighted by molar-refractivity contribution is 5.93. The first-order valence-electron chi connectivity index (χ1n) is 10.5. The Labute approximate surface area is 186 Å². The summed E-state index contributed by atoms with van der Waals surface area (Å²) < 4.78 is 5.54. The van der Waals surface area contributed by atoms with Crippen molar-refractivity contribution in [3.63, 3.8) is 0 Å². The van der Waals surface area contributed by atoms with Gasteiger partial charge in [-0.3, -0.25) is 4.79 Å². The molecule has 0 fully saturated rings. The Bertz CT molecular complexity index is 1100. The first-order chi connectivity index (χ1) is 15.5. The third kappa shape index (κ3) is 4.27. The lowest BCUT2D eigenvalue weighted by molar-refractivity contribution is -0.120. The Balaban J connectivity index is 1.35. The van der Waals surface area contributed by atoms with E-state index in [1.165, 1.54) is 12.3 Å². The highest BCUT2D eigenvalue weighted by atomic mass is 16.5. The number of aromatic hydroxyl groups is 1.